The zero-order chi connectivity index (χ0) is 20.7. The van der Waals surface area contributed by atoms with Gasteiger partial charge in [-0.2, -0.15) is 11.8 Å². The van der Waals surface area contributed by atoms with E-state index >= 15 is 0 Å². The number of rotatable bonds is 9. The van der Waals surface area contributed by atoms with Gasteiger partial charge in [0.15, 0.2) is 0 Å². The molecule has 1 amide bonds. The highest BCUT2D eigenvalue weighted by Crippen LogP contribution is 2.21. The molecule has 0 heterocycles. The summed E-state index contributed by atoms with van der Waals surface area (Å²) in [5.41, 5.74) is 4.98. The van der Waals surface area contributed by atoms with Crippen molar-refractivity contribution in [3.63, 3.8) is 0 Å². The lowest BCUT2D eigenvalue weighted by Gasteiger charge is -2.22. The number of amides is 1. The Morgan fingerprint density at radius 1 is 1.07 bits per heavy atom. The maximum Gasteiger partial charge on any atom is 0.240 e. The Morgan fingerprint density at radius 2 is 1.71 bits per heavy atom. The Bertz CT molecular complexity index is 907. The van der Waals surface area contributed by atoms with Crippen LogP contribution in [0, 0.1) is 20.8 Å². The number of thioether (sulfide) groups is 1. The van der Waals surface area contributed by atoms with Crippen LogP contribution in [0.3, 0.4) is 0 Å². The van der Waals surface area contributed by atoms with Gasteiger partial charge in [-0.05, 0) is 55.2 Å². The summed E-state index contributed by atoms with van der Waals surface area (Å²) >= 11 is 1.74. The molecule has 5 nitrogen and oxygen atoms in total. The number of nitrogens with one attached hydrogen (secondary N) is 1. The Morgan fingerprint density at radius 3 is 2.32 bits per heavy atom. The number of hydrogen-bond donors (Lipinski definition) is 1. The summed E-state index contributed by atoms with van der Waals surface area (Å²) < 4.78 is 25.5. The summed E-state index contributed by atoms with van der Waals surface area (Å²) in [4.78, 5) is 12.3. The zero-order valence-corrected chi connectivity index (χ0v) is 18.5. The van der Waals surface area contributed by atoms with Gasteiger partial charge in [0, 0.05) is 18.1 Å². The van der Waals surface area contributed by atoms with Crippen molar-refractivity contribution >= 4 is 33.4 Å². The summed E-state index contributed by atoms with van der Waals surface area (Å²) in [6.07, 6.45) is 1.12. The molecular weight excluding hydrogens is 392 g/mol. The topological polar surface area (TPSA) is 66.5 Å². The number of nitrogens with zero attached hydrogens (tertiary/aromatic N) is 1. The largest absolute Gasteiger partial charge is 0.354 e. The Balaban J connectivity index is 1.87. The summed E-state index contributed by atoms with van der Waals surface area (Å²) in [6, 6.07) is 13.8. The van der Waals surface area contributed by atoms with Crippen LogP contribution < -0.4 is 9.62 Å². The van der Waals surface area contributed by atoms with Crippen LogP contribution in [0.2, 0.25) is 0 Å². The molecule has 0 saturated carbocycles. The van der Waals surface area contributed by atoms with Crippen LogP contribution in [0.4, 0.5) is 5.69 Å². The Labute approximate surface area is 172 Å². The minimum absolute atomic E-state index is 0.218. The van der Waals surface area contributed by atoms with Crippen molar-refractivity contribution in [2.45, 2.75) is 26.5 Å². The van der Waals surface area contributed by atoms with E-state index in [-0.39, 0.29) is 12.5 Å². The molecule has 0 bridgehead atoms. The van der Waals surface area contributed by atoms with Gasteiger partial charge < -0.3 is 5.32 Å². The van der Waals surface area contributed by atoms with Crippen LogP contribution in [-0.2, 0) is 20.6 Å². The maximum atomic E-state index is 12.3. The lowest BCUT2D eigenvalue weighted by molar-refractivity contribution is -0.119. The predicted molar refractivity (Wildman–Crippen MR) is 118 cm³/mol. The molecule has 0 aliphatic rings. The molecule has 0 unspecified atom stereocenters. The van der Waals surface area contributed by atoms with Gasteiger partial charge in [-0.15, -0.1) is 0 Å². The van der Waals surface area contributed by atoms with E-state index in [0.29, 0.717) is 12.2 Å². The fraction of sp³-hybridized carbons (Fsp3) is 0.381. The van der Waals surface area contributed by atoms with Crippen LogP contribution in [0.1, 0.15) is 22.3 Å². The number of hydrogen-bond acceptors (Lipinski definition) is 4. The highest BCUT2D eigenvalue weighted by Gasteiger charge is 2.21. The fourth-order valence-electron chi connectivity index (χ4n) is 2.90. The molecule has 152 valence electrons. The minimum Gasteiger partial charge on any atom is -0.354 e. The van der Waals surface area contributed by atoms with Crippen LogP contribution in [0.5, 0.6) is 0 Å². The van der Waals surface area contributed by atoms with Crippen LogP contribution in [0.25, 0.3) is 0 Å². The van der Waals surface area contributed by atoms with Crippen molar-refractivity contribution in [3.05, 3.63) is 64.7 Å². The second kappa shape index (κ2) is 9.98. The van der Waals surface area contributed by atoms with Crippen molar-refractivity contribution in [2.24, 2.45) is 0 Å². The second-order valence-corrected chi connectivity index (χ2v) is 9.96. The van der Waals surface area contributed by atoms with E-state index in [1.807, 2.05) is 32.0 Å². The summed E-state index contributed by atoms with van der Waals surface area (Å²) in [6.45, 7) is 6.18. The van der Waals surface area contributed by atoms with Crippen LogP contribution >= 0.6 is 11.8 Å². The average Bonchev–Trinajstić information content (AvgIpc) is 2.59. The van der Waals surface area contributed by atoms with Crippen molar-refractivity contribution in [1.29, 1.82) is 0 Å². The molecule has 0 fully saturated rings. The highest BCUT2D eigenvalue weighted by atomic mass is 32.2. The first-order valence-corrected chi connectivity index (χ1v) is 12.1. The minimum atomic E-state index is -3.56. The van der Waals surface area contributed by atoms with Crippen molar-refractivity contribution in [3.8, 4) is 0 Å². The van der Waals surface area contributed by atoms with E-state index in [1.165, 1.54) is 11.1 Å². The SMILES string of the molecule is Cc1cc(C)cc(N(CC(=O)NCCSCc2ccccc2C)S(C)(=O)=O)c1. The van der Waals surface area contributed by atoms with Gasteiger partial charge in [-0.1, -0.05) is 30.3 Å². The van der Waals surface area contributed by atoms with E-state index in [1.54, 1.807) is 23.9 Å². The zero-order valence-electron chi connectivity index (χ0n) is 16.9. The van der Waals surface area contributed by atoms with E-state index in [2.05, 4.69) is 24.4 Å². The van der Waals surface area contributed by atoms with Gasteiger partial charge in [0.1, 0.15) is 6.54 Å². The average molecular weight is 421 g/mol. The molecule has 0 radical (unpaired) electrons. The summed E-state index contributed by atoms with van der Waals surface area (Å²) in [5, 5.41) is 2.82. The lowest BCUT2D eigenvalue weighted by atomic mass is 10.1. The maximum absolute atomic E-state index is 12.3. The molecule has 0 spiro atoms. The molecule has 0 aliphatic carbocycles. The van der Waals surface area contributed by atoms with E-state index in [0.717, 1.165) is 33.2 Å². The normalized spacial score (nSPS) is 11.3. The standard InChI is InChI=1S/C21H28N2O3S2/c1-16-11-17(2)13-20(12-16)23(28(4,25)26)14-21(24)22-9-10-27-15-19-8-6-5-7-18(19)3/h5-8,11-13H,9-10,14-15H2,1-4H3,(H,22,24). The van der Waals surface area contributed by atoms with Gasteiger partial charge in [0.2, 0.25) is 15.9 Å². The molecule has 2 aromatic rings. The number of sulfonamides is 1. The van der Waals surface area contributed by atoms with Crippen LogP contribution in [-0.4, -0.2) is 39.4 Å². The number of carbonyl (C=O) groups is 1. The molecule has 0 aromatic heterocycles. The molecule has 28 heavy (non-hydrogen) atoms. The van der Waals surface area contributed by atoms with Crippen molar-refractivity contribution in [1.82, 2.24) is 5.32 Å². The Hall–Kier alpha value is -1.99. The first-order valence-electron chi connectivity index (χ1n) is 9.12. The van der Waals surface area contributed by atoms with Crippen LogP contribution in [0.15, 0.2) is 42.5 Å². The monoisotopic (exact) mass is 420 g/mol. The molecule has 2 rings (SSSR count). The molecule has 1 N–H and O–H groups in total. The first kappa shape index (κ1) is 22.3. The third kappa shape index (κ3) is 6.87. The number of aryl methyl sites for hydroxylation is 3. The Kier molecular flexibility index (Phi) is 7.95. The third-order valence-corrected chi connectivity index (χ3v) is 6.42. The van der Waals surface area contributed by atoms with Gasteiger partial charge >= 0.3 is 0 Å². The van der Waals surface area contributed by atoms with Crippen molar-refractivity contribution in [2.75, 3.05) is 29.4 Å². The van der Waals surface area contributed by atoms with Gasteiger partial charge in [-0.3, -0.25) is 9.10 Å². The van der Waals surface area contributed by atoms with Crippen molar-refractivity contribution < 1.29 is 13.2 Å². The predicted octanol–water partition coefficient (Wildman–Crippen LogP) is 3.43. The summed E-state index contributed by atoms with van der Waals surface area (Å²) in [7, 11) is -3.56. The second-order valence-electron chi connectivity index (χ2n) is 6.94. The van der Waals surface area contributed by atoms with E-state index in [4.69, 9.17) is 0 Å². The molecular formula is C21H28N2O3S2. The number of anilines is 1. The van der Waals surface area contributed by atoms with E-state index in [9.17, 15) is 13.2 Å². The van der Waals surface area contributed by atoms with E-state index < -0.39 is 10.0 Å². The number of carbonyl (C=O) groups excluding carboxylic acids is 1. The van der Waals surface area contributed by atoms with Gasteiger partial charge in [-0.25, -0.2) is 8.42 Å². The fourth-order valence-corrected chi connectivity index (χ4v) is 4.67. The molecule has 7 heteroatoms. The molecule has 0 aliphatic heterocycles. The third-order valence-electron chi connectivity index (χ3n) is 4.27. The molecule has 0 saturated heterocycles. The lowest BCUT2D eigenvalue weighted by Crippen LogP contribution is -2.41. The number of benzene rings is 2. The molecule has 0 atom stereocenters. The first-order chi connectivity index (χ1) is 13.2. The molecule has 2 aromatic carbocycles. The smallest absolute Gasteiger partial charge is 0.240 e. The quantitative estimate of drug-likeness (QED) is 0.631. The highest BCUT2D eigenvalue weighted by molar-refractivity contribution is 7.98. The van der Waals surface area contributed by atoms with Gasteiger partial charge in [0.05, 0.1) is 11.9 Å². The van der Waals surface area contributed by atoms with Gasteiger partial charge in [0.25, 0.3) is 0 Å². The summed E-state index contributed by atoms with van der Waals surface area (Å²) in [5.74, 6) is 1.35.